The Morgan fingerprint density at radius 2 is 1.69 bits per heavy atom. The Bertz CT molecular complexity index is 2410. The first kappa shape index (κ1) is 38.6. The molecule has 0 bridgehead atoms. The molecule has 8 rings (SSSR count). The number of likely N-dealkylation sites (tertiary alicyclic amines) is 1. The zero-order chi connectivity index (χ0) is 40.4. The van der Waals surface area contributed by atoms with Crippen molar-refractivity contribution in [1.29, 1.82) is 0 Å². The van der Waals surface area contributed by atoms with Crippen molar-refractivity contribution in [3.05, 3.63) is 119 Å². The quantitative estimate of drug-likeness (QED) is 0.195. The summed E-state index contributed by atoms with van der Waals surface area (Å²) in [4.78, 5) is 49.4. The van der Waals surface area contributed by atoms with Crippen LogP contribution >= 0.6 is 0 Å². The highest BCUT2D eigenvalue weighted by Gasteiger charge is 2.37. The average molecular weight is 790 g/mol. The number of benzene rings is 3. The number of aromatic nitrogens is 3. The van der Waals surface area contributed by atoms with Crippen molar-refractivity contribution in [3.63, 3.8) is 0 Å². The van der Waals surface area contributed by atoms with Crippen LogP contribution in [0.1, 0.15) is 57.6 Å². The molecule has 0 aliphatic carbocycles. The van der Waals surface area contributed by atoms with Crippen molar-refractivity contribution in [2.24, 2.45) is 0 Å². The molecular weight excluding hydrogens is 748 g/mol. The molecule has 298 valence electrons. The van der Waals surface area contributed by atoms with E-state index < -0.39 is 23.7 Å². The Kier molecular flexibility index (Phi) is 10.9. The Hall–Kier alpha value is -6.24. The number of hydrogen-bond donors (Lipinski definition) is 2. The third kappa shape index (κ3) is 8.53. The fourth-order valence-corrected chi connectivity index (χ4v) is 7.88. The molecule has 0 unspecified atom stereocenters. The first-order valence-electron chi connectivity index (χ1n) is 19.3. The lowest BCUT2D eigenvalue weighted by Gasteiger charge is -2.43. The molecule has 3 aliphatic rings. The van der Waals surface area contributed by atoms with Crippen LogP contribution in [0, 0.1) is 18.8 Å². The average Bonchev–Trinajstić information content (AvgIpc) is 3.64. The number of carbonyl (C=O) groups is 3. The largest absolute Gasteiger partial charge is 0.418 e. The Labute approximate surface area is 333 Å². The van der Waals surface area contributed by atoms with Crippen molar-refractivity contribution in [2.75, 3.05) is 60.9 Å². The minimum absolute atomic E-state index is 0.0551. The normalized spacial score (nSPS) is 17.2. The molecule has 0 spiro atoms. The number of nitrogens with zero attached hydrogens (tertiary/aromatic N) is 7. The first-order chi connectivity index (χ1) is 28.0. The molecule has 3 aliphatic heterocycles. The fraction of sp³-hybridized carbons (Fsp3) is 0.326. The van der Waals surface area contributed by atoms with Crippen molar-refractivity contribution in [3.8, 4) is 11.8 Å². The van der Waals surface area contributed by atoms with Crippen LogP contribution in [0.3, 0.4) is 0 Å². The van der Waals surface area contributed by atoms with Gasteiger partial charge in [0.05, 0.1) is 11.8 Å². The number of anilines is 3. The van der Waals surface area contributed by atoms with E-state index in [9.17, 15) is 27.6 Å². The zero-order valence-electron chi connectivity index (χ0n) is 31.9. The minimum Gasteiger partial charge on any atom is -0.368 e. The fourth-order valence-electron chi connectivity index (χ4n) is 7.88. The molecule has 2 N–H and O–H groups in total. The lowest BCUT2D eigenvalue weighted by molar-refractivity contribution is -0.137. The number of alkyl halides is 3. The van der Waals surface area contributed by atoms with E-state index in [-0.39, 0.29) is 29.3 Å². The second kappa shape index (κ2) is 16.3. The number of piperazine rings is 1. The molecule has 5 heterocycles. The van der Waals surface area contributed by atoms with Gasteiger partial charge < -0.3 is 10.2 Å². The summed E-state index contributed by atoms with van der Waals surface area (Å²) in [5.74, 6) is 5.33. The van der Waals surface area contributed by atoms with Crippen LogP contribution in [-0.2, 0) is 17.5 Å². The Balaban J connectivity index is 0.853. The molecule has 3 aromatic carbocycles. The molecular formula is C43H42F3N9O3. The van der Waals surface area contributed by atoms with Crippen LogP contribution < -0.4 is 20.4 Å². The number of aryl methyl sites for hydroxylation is 1. The smallest absolute Gasteiger partial charge is 0.368 e. The van der Waals surface area contributed by atoms with Crippen LogP contribution in [0.2, 0.25) is 0 Å². The van der Waals surface area contributed by atoms with Crippen LogP contribution in [-0.4, -0.2) is 94.1 Å². The lowest BCUT2D eigenvalue weighted by Crippen LogP contribution is -2.53. The minimum atomic E-state index is -4.62. The molecule has 3 saturated heterocycles. The van der Waals surface area contributed by atoms with Gasteiger partial charge in [0.1, 0.15) is 5.69 Å². The highest BCUT2D eigenvalue weighted by molar-refractivity contribution is 6.06. The van der Waals surface area contributed by atoms with E-state index in [1.54, 1.807) is 51.0 Å². The van der Waals surface area contributed by atoms with E-state index in [0.29, 0.717) is 55.7 Å². The maximum atomic E-state index is 14.5. The molecule has 0 atom stereocenters. The highest BCUT2D eigenvalue weighted by Crippen LogP contribution is 2.39. The van der Waals surface area contributed by atoms with Gasteiger partial charge in [0, 0.05) is 86.1 Å². The summed E-state index contributed by atoms with van der Waals surface area (Å²) >= 11 is 0. The van der Waals surface area contributed by atoms with Gasteiger partial charge in [-0.1, -0.05) is 24.1 Å². The number of hydrogen-bond acceptors (Lipinski definition) is 8. The van der Waals surface area contributed by atoms with Gasteiger partial charge in [-0.15, -0.1) is 0 Å². The van der Waals surface area contributed by atoms with Crippen LogP contribution in [0.5, 0.6) is 0 Å². The lowest BCUT2D eigenvalue weighted by atomic mass is 10.0. The molecule has 2 aromatic heterocycles. The van der Waals surface area contributed by atoms with E-state index >= 15 is 0 Å². The molecule has 5 aromatic rings. The van der Waals surface area contributed by atoms with E-state index in [2.05, 4.69) is 42.4 Å². The van der Waals surface area contributed by atoms with Crippen LogP contribution in [0.25, 0.3) is 5.65 Å². The van der Waals surface area contributed by atoms with Gasteiger partial charge in [-0.05, 0) is 104 Å². The van der Waals surface area contributed by atoms with Crippen LogP contribution in [0.15, 0.2) is 85.2 Å². The summed E-state index contributed by atoms with van der Waals surface area (Å²) in [5, 5.41) is 9.28. The number of rotatable bonds is 7. The Morgan fingerprint density at radius 1 is 0.914 bits per heavy atom. The molecule has 0 radical (unpaired) electrons. The van der Waals surface area contributed by atoms with Gasteiger partial charge in [-0.25, -0.2) is 14.3 Å². The molecule has 12 nitrogen and oxygen atoms in total. The van der Waals surface area contributed by atoms with Crippen molar-refractivity contribution in [1.82, 2.24) is 29.7 Å². The van der Waals surface area contributed by atoms with Gasteiger partial charge in [-0.2, -0.15) is 18.3 Å². The van der Waals surface area contributed by atoms with E-state index in [0.717, 1.165) is 55.4 Å². The maximum Gasteiger partial charge on any atom is 0.418 e. The monoisotopic (exact) mass is 789 g/mol. The molecule has 4 amide bonds. The first-order valence-corrected chi connectivity index (χ1v) is 19.3. The van der Waals surface area contributed by atoms with Gasteiger partial charge in [0.15, 0.2) is 5.65 Å². The molecule has 3 fully saturated rings. The predicted octanol–water partition coefficient (Wildman–Crippen LogP) is 5.94. The number of imidazole rings is 1. The number of carbonyl (C=O) groups excluding carboxylic acids is 3. The summed E-state index contributed by atoms with van der Waals surface area (Å²) in [6, 6.07) is 20.4. The standard InChI is InChI=1S/C43H42F3N9O3/c1-29-4-7-32(25-31(29)8-12-36-27-47-39-3-2-17-48-55(36)39)41(57)49-33-9-13-38(37(26-33)43(44,45)46)53-23-21-52(22-24-53)34-14-18-51(19-15-34)28-30-5-10-35(11-6-30)54-20-16-40(56)50-42(54)58/h2-7,9-11,13,17,25-27,34H,14-16,18-24,28H2,1H3,(H,49,57)(H,50,56,58). The third-order valence-corrected chi connectivity index (χ3v) is 11.1. The summed E-state index contributed by atoms with van der Waals surface area (Å²) in [6.07, 6.45) is 0.846. The Morgan fingerprint density at radius 3 is 2.43 bits per heavy atom. The van der Waals surface area contributed by atoms with Crippen molar-refractivity contribution < 1.29 is 27.6 Å². The van der Waals surface area contributed by atoms with Gasteiger partial charge in [0.2, 0.25) is 5.91 Å². The zero-order valence-corrected chi connectivity index (χ0v) is 31.9. The summed E-state index contributed by atoms with van der Waals surface area (Å²) in [5.41, 5.74) is 4.21. The van der Waals surface area contributed by atoms with Crippen molar-refractivity contribution in [2.45, 2.75) is 44.9 Å². The highest BCUT2D eigenvalue weighted by atomic mass is 19.4. The second-order valence-corrected chi connectivity index (χ2v) is 14.9. The van der Waals surface area contributed by atoms with E-state index in [1.807, 2.05) is 37.3 Å². The van der Waals surface area contributed by atoms with Gasteiger partial charge >= 0.3 is 12.2 Å². The summed E-state index contributed by atoms with van der Waals surface area (Å²) in [6.45, 7) is 7.07. The molecule has 15 heteroatoms. The summed E-state index contributed by atoms with van der Waals surface area (Å²) < 4.78 is 45.2. The maximum absolute atomic E-state index is 14.5. The number of imide groups is 1. The van der Waals surface area contributed by atoms with Crippen molar-refractivity contribution >= 4 is 40.6 Å². The van der Waals surface area contributed by atoms with E-state index in [4.69, 9.17) is 0 Å². The number of nitrogens with one attached hydrogen (secondary N) is 2. The SMILES string of the molecule is Cc1ccc(C(=O)Nc2ccc(N3CCN(C4CCN(Cc5ccc(N6CCC(=O)NC6=O)cc5)CC4)CC3)c(C(F)(F)F)c2)cc1C#Cc1cnc2cccnn12. The van der Waals surface area contributed by atoms with E-state index in [1.165, 1.54) is 12.1 Å². The number of piperidine rings is 1. The number of amides is 4. The number of fused-ring (bicyclic) bond motifs is 1. The van der Waals surface area contributed by atoms with Gasteiger partial charge in [-0.3, -0.25) is 29.6 Å². The molecule has 0 saturated carbocycles. The number of halogens is 3. The van der Waals surface area contributed by atoms with Crippen LogP contribution in [0.4, 0.5) is 35.0 Å². The van der Waals surface area contributed by atoms with Gasteiger partial charge in [0.25, 0.3) is 5.91 Å². The third-order valence-electron chi connectivity index (χ3n) is 11.1. The molecule has 58 heavy (non-hydrogen) atoms. The number of urea groups is 1. The second-order valence-electron chi connectivity index (χ2n) is 14.9. The topological polar surface area (TPSA) is 118 Å². The predicted molar refractivity (Wildman–Crippen MR) is 214 cm³/mol. The summed E-state index contributed by atoms with van der Waals surface area (Å²) in [7, 11) is 0.